The van der Waals surface area contributed by atoms with E-state index in [0.29, 0.717) is 5.92 Å². The van der Waals surface area contributed by atoms with Crippen LogP contribution in [0.3, 0.4) is 0 Å². The molecule has 2 heterocycles. The first kappa shape index (κ1) is 18.9. The van der Waals surface area contributed by atoms with Crippen LogP contribution >= 0.6 is 11.3 Å². The maximum Gasteiger partial charge on any atom is 0.221 e. The number of carbonyl (C=O) groups excluding carboxylic acids is 1. The van der Waals surface area contributed by atoms with E-state index >= 15 is 0 Å². The van der Waals surface area contributed by atoms with Crippen LogP contribution in [0, 0.1) is 5.92 Å². The molecular formula is C20H23NO3S2. The van der Waals surface area contributed by atoms with E-state index in [1.807, 2.05) is 17.5 Å². The van der Waals surface area contributed by atoms with Crippen molar-refractivity contribution in [2.75, 3.05) is 5.75 Å². The minimum atomic E-state index is -3.14. The van der Waals surface area contributed by atoms with Gasteiger partial charge in [0.05, 0.1) is 11.8 Å². The Morgan fingerprint density at radius 3 is 2.42 bits per heavy atom. The SMILES string of the molecule is CC(C)c1ccc(C(NC(=O)CC2C=CS(=O)(=O)C2)c2cccs2)cc1. The second-order valence-corrected chi connectivity index (χ2v) is 9.87. The summed E-state index contributed by atoms with van der Waals surface area (Å²) in [4.78, 5) is 13.6. The lowest BCUT2D eigenvalue weighted by Gasteiger charge is -2.20. The van der Waals surface area contributed by atoms with Crippen LogP contribution in [0.1, 0.15) is 48.2 Å². The number of hydrogen-bond acceptors (Lipinski definition) is 4. The minimum absolute atomic E-state index is 0.0210. The van der Waals surface area contributed by atoms with Gasteiger partial charge in [0.1, 0.15) is 0 Å². The standard InChI is InChI=1S/C20H23NO3S2/c1-14(2)16-5-7-17(8-6-16)20(18-4-3-10-25-18)21-19(22)12-15-9-11-26(23,24)13-15/h3-11,14-15,20H,12-13H2,1-2H3,(H,21,22). The number of allylic oxidation sites excluding steroid dienone is 1. The lowest BCUT2D eigenvalue weighted by atomic mass is 9.98. The normalized spacial score (nSPS) is 19.6. The van der Waals surface area contributed by atoms with E-state index in [-0.39, 0.29) is 30.0 Å². The maximum atomic E-state index is 12.5. The molecule has 1 N–H and O–H groups in total. The molecule has 1 aromatic carbocycles. The molecule has 0 radical (unpaired) electrons. The monoisotopic (exact) mass is 389 g/mol. The molecule has 4 nitrogen and oxygen atoms in total. The van der Waals surface area contributed by atoms with Gasteiger partial charge in [0.2, 0.25) is 5.91 Å². The first-order valence-corrected chi connectivity index (χ1v) is 11.3. The van der Waals surface area contributed by atoms with Gasteiger partial charge in [-0.15, -0.1) is 11.3 Å². The predicted molar refractivity (Wildman–Crippen MR) is 106 cm³/mol. The zero-order valence-corrected chi connectivity index (χ0v) is 16.5. The molecule has 1 aromatic heterocycles. The van der Waals surface area contributed by atoms with Crippen LogP contribution in [0.4, 0.5) is 0 Å². The Labute approximate surface area is 158 Å². The van der Waals surface area contributed by atoms with Gasteiger partial charge in [0.25, 0.3) is 0 Å². The zero-order valence-electron chi connectivity index (χ0n) is 14.9. The molecular weight excluding hydrogens is 366 g/mol. The number of sulfone groups is 1. The molecule has 0 spiro atoms. The third kappa shape index (κ3) is 4.62. The van der Waals surface area contributed by atoms with Gasteiger partial charge in [-0.3, -0.25) is 4.79 Å². The molecule has 0 fully saturated rings. The van der Waals surface area contributed by atoms with Crippen molar-refractivity contribution in [3.05, 3.63) is 69.3 Å². The predicted octanol–water partition coefficient (Wildman–Crippen LogP) is 4.03. The van der Waals surface area contributed by atoms with E-state index in [9.17, 15) is 13.2 Å². The molecule has 1 aliphatic rings. The molecule has 26 heavy (non-hydrogen) atoms. The van der Waals surface area contributed by atoms with Crippen molar-refractivity contribution in [3.8, 4) is 0 Å². The summed E-state index contributed by atoms with van der Waals surface area (Å²) >= 11 is 1.60. The third-order valence-corrected chi connectivity index (χ3v) is 6.92. The van der Waals surface area contributed by atoms with Crippen molar-refractivity contribution in [1.82, 2.24) is 5.32 Å². The summed E-state index contributed by atoms with van der Waals surface area (Å²) in [6.45, 7) is 4.30. The molecule has 138 valence electrons. The summed E-state index contributed by atoms with van der Waals surface area (Å²) in [6.07, 6.45) is 1.80. The largest absolute Gasteiger partial charge is 0.344 e. The van der Waals surface area contributed by atoms with Crippen LogP contribution in [-0.4, -0.2) is 20.1 Å². The second-order valence-electron chi connectivity index (χ2n) is 6.96. The van der Waals surface area contributed by atoms with Gasteiger partial charge < -0.3 is 5.32 Å². The van der Waals surface area contributed by atoms with E-state index in [2.05, 4.69) is 43.4 Å². The number of amides is 1. The third-order valence-electron chi connectivity index (χ3n) is 4.52. The highest BCUT2D eigenvalue weighted by Crippen LogP contribution is 2.28. The summed E-state index contributed by atoms with van der Waals surface area (Å²) in [5.74, 6) is 0.0954. The number of benzene rings is 1. The lowest BCUT2D eigenvalue weighted by Crippen LogP contribution is -2.30. The Morgan fingerprint density at radius 1 is 1.19 bits per heavy atom. The molecule has 0 saturated heterocycles. The van der Waals surface area contributed by atoms with Crippen LogP contribution in [0.2, 0.25) is 0 Å². The van der Waals surface area contributed by atoms with E-state index in [4.69, 9.17) is 0 Å². The Bertz CT molecular complexity index is 882. The summed E-state index contributed by atoms with van der Waals surface area (Å²) in [5.41, 5.74) is 2.28. The Balaban J connectivity index is 1.75. The van der Waals surface area contributed by atoms with E-state index in [1.165, 1.54) is 11.0 Å². The Kier molecular flexibility index (Phi) is 5.63. The van der Waals surface area contributed by atoms with Crippen LogP contribution < -0.4 is 5.32 Å². The summed E-state index contributed by atoms with van der Waals surface area (Å²) in [7, 11) is -3.14. The fraction of sp³-hybridized carbons (Fsp3) is 0.350. The molecule has 3 rings (SSSR count). The zero-order chi connectivity index (χ0) is 18.7. The summed E-state index contributed by atoms with van der Waals surface area (Å²) in [5, 5.41) is 6.29. The molecule has 2 atom stereocenters. The quantitative estimate of drug-likeness (QED) is 0.811. The molecule has 1 amide bonds. The minimum Gasteiger partial charge on any atom is -0.344 e. The number of carbonyl (C=O) groups is 1. The smallest absolute Gasteiger partial charge is 0.221 e. The average Bonchev–Trinajstić information content (AvgIpc) is 3.22. The van der Waals surface area contributed by atoms with Crippen LogP contribution in [0.25, 0.3) is 0 Å². The Morgan fingerprint density at radius 2 is 1.88 bits per heavy atom. The van der Waals surface area contributed by atoms with Gasteiger partial charge in [-0.25, -0.2) is 8.42 Å². The highest BCUT2D eigenvalue weighted by molar-refractivity contribution is 7.94. The van der Waals surface area contributed by atoms with E-state index in [0.717, 1.165) is 10.4 Å². The number of rotatable bonds is 6. The van der Waals surface area contributed by atoms with Crippen LogP contribution in [0.5, 0.6) is 0 Å². The van der Waals surface area contributed by atoms with Crippen molar-refractivity contribution < 1.29 is 13.2 Å². The number of hydrogen-bond donors (Lipinski definition) is 1. The van der Waals surface area contributed by atoms with Gasteiger partial charge in [-0.2, -0.15) is 0 Å². The second kappa shape index (κ2) is 7.76. The van der Waals surface area contributed by atoms with Crippen molar-refractivity contribution in [3.63, 3.8) is 0 Å². The van der Waals surface area contributed by atoms with Crippen molar-refractivity contribution in [1.29, 1.82) is 0 Å². The first-order chi connectivity index (χ1) is 12.3. The van der Waals surface area contributed by atoms with E-state index in [1.54, 1.807) is 17.4 Å². The van der Waals surface area contributed by atoms with Gasteiger partial charge >= 0.3 is 0 Å². The van der Waals surface area contributed by atoms with Gasteiger partial charge in [-0.1, -0.05) is 50.3 Å². The number of thiophene rings is 1. The fourth-order valence-electron chi connectivity index (χ4n) is 3.07. The van der Waals surface area contributed by atoms with Crippen molar-refractivity contribution in [2.45, 2.75) is 32.2 Å². The highest BCUT2D eigenvalue weighted by atomic mass is 32.2. The first-order valence-electron chi connectivity index (χ1n) is 8.67. The van der Waals surface area contributed by atoms with Gasteiger partial charge in [0, 0.05) is 22.6 Å². The summed E-state index contributed by atoms with van der Waals surface area (Å²) in [6, 6.07) is 12.1. The number of nitrogens with one attached hydrogen (secondary N) is 1. The molecule has 0 bridgehead atoms. The molecule has 1 aliphatic heterocycles. The van der Waals surface area contributed by atoms with Crippen LogP contribution in [-0.2, 0) is 14.6 Å². The summed E-state index contributed by atoms with van der Waals surface area (Å²) < 4.78 is 23.0. The average molecular weight is 390 g/mol. The van der Waals surface area contributed by atoms with E-state index < -0.39 is 9.84 Å². The molecule has 2 unspecified atom stereocenters. The molecule has 2 aromatic rings. The van der Waals surface area contributed by atoms with Gasteiger partial charge in [0.15, 0.2) is 9.84 Å². The lowest BCUT2D eigenvalue weighted by molar-refractivity contribution is -0.122. The molecule has 0 saturated carbocycles. The molecule has 6 heteroatoms. The highest BCUT2D eigenvalue weighted by Gasteiger charge is 2.25. The fourth-order valence-corrected chi connectivity index (χ4v) is 5.27. The topological polar surface area (TPSA) is 63.2 Å². The van der Waals surface area contributed by atoms with Crippen molar-refractivity contribution >= 4 is 27.1 Å². The van der Waals surface area contributed by atoms with Crippen molar-refractivity contribution in [2.24, 2.45) is 5.92 Å². The van der Waals surface area contributed by atoms with Crippen LogP contribution in [0.15, 0.2) is 53.3 Å². The van der Waals surface area contributed by atoms with Gasteiger partial charge in [-0.05, 0) is 28.5 Å². The maximum absolute atomic E-state index is 12.5. The Hall–Kier alpha value is -1.92. The molecule has 0 aliphatic carbocycles.